The van der Waals surface area contributed by atoms with Crippen molar-refractivity contribution in [3.05, 3.63) is 74.0 Å². The number of rotatable bonds is 4. The summed E-state index contributed by atoms with van der Waals surface area (Å²) in [5.74, 6) is -1.53. The largest absolute Gasteiger partial charge is 0.454 e. The summed E-state index contributed by atoms with van der Waals surface area (Å²) in [5, 5.41) is 10.7. The summed E-state index contributed by atoms with van der Waals surface area (Å²) < 4.78 is 19.3. The first kappa shape index (κ1) is 16.1. The van der Waals surface area contributed by atoms with Gasteiger partial charge in [-0.1, -0.05) is 28.1 Å². The average molecular weight is 368 g/mol. The van der Waals surface area contributed by atoms with E-state index in [1.54, 1.807) is 13.0 Å². The molecule has 5 nitrogen and oxygen atoms in total. The highest BCUT2D eigenvalue weighted by atomic mass is 79.9. The number of non-ortho nitro benzene ring substituents is 1. The molecular formula is C15H11BrFNO4. The molecule has 0 radical (unpaired) electrons. The first-order chi connectivity index (χ1) is 10.4. The Hall–Kier alpha value is -2.28. The Morgan fingerprint density at radius 1 is 1.32 bits per heavy atom. The van der Waals surface area contributed by atoms with Gasteiger partial charge in [0.2, 0.25) is 0 Å². The zero-order valence-electron chi connectivity index (χ0n) is 11.5. The van der Waals surface area contributed by atoms with E-state index in [2.05, 4.69) is 15.9 Å². The van der Waals surface area contributed by atoms with Crippen LogP contribution in [0.15, 0.2) is 46.9 Å². The maximum atomic E-state index is 13.6. The number of halogens is 2. The van der Waals surface area contributed by atoms with Gasteiger partial charge in [0.25, 0.3) is 5.69 Å². The predicted octanol–water partition coefficient (Wildman–Crippen LogP) is 4.41. The Morgan fingerprint density at radius 2 is 2.05 bits per heavy atom. The van der Waals surface area contributed by atoms with E-state index >= 15 is 0 Å². The molecule has 0 amide bonds. The molecule has 0 aliphatic rings. The molecule has 0 heterocycles. The minimum absolute atomic E-state index is 0.103. The normalized spacial score (nSPS) is 11.8. The van der Waals surface area contributed by atoms with Crippen molar-refractivity contribution < 1.29 is 18.8 Å². The third-order valence-electron chi connectivity index (χ3n) is 2.98. The third kappa shape index (κ3) is 3.67. The topological polar surface area (TPSA) is 69.4 Å². The lowest BCUT2D eigenvalue weighted by molar-refractivity contribution is -0.385. The number of hydrogen-bond donors (Lipinski definition) is 0. The lowest BCUT2D eigenvalue weighted by atomic mass is 10.1. The van der Waals surface area contributed by atoms with Gasteiger partial charge in [0.05, 0.1) is 10.5 Å². The predicted molar refractivity (Wildman–Crippen MR) is 81.0 cm³/mol. The third-order valence-corrected chi connectivity index (χ3v) is 3.48. The fourth-order valence-electron chi connectivity index (χ4n) is 1.84. The highest BCUT2D eigenvalue weighted by Gasteiger charge is 2.19. The minimum Gasteiger partial charge on any atom is -0.454 e. The summed E-state index contributed by atoms with van der Waals surface area (Å²) in [5.41, 5.74) is 0.152. The summed E-state index contributed by atoms with van der Waals surface area (Å²) in [7, 11) is 0. The zero-order valence-corrected chi connectivity index (χ0v) is 13.0. The highest BCUT2D eigenvalue weighted by molar-refractivity contribution is 9.10. The smallest absolute Gasteiger partial charge is 0.341 e. The SMILES string of the molecule is C[C@H](OC(=O)c1cc(Br)ccc1F)c1cccc([N+](=O)[O-])c1. The van der Waals surface area contributed by atoms with Gasteiger partial charge in [-0.05, 0) is 30.7 Å². The van der Waals surface area contributed by atoms with Crippen LogP contribution in [0, 0.1) is 15.9 Å². The van der Waals surface area contributed by atoms with Crippen molar-refractivity contribution in [3.8, 4) is 0 Å². The van der Waals surface area contributed by atoms with E-state index in [-0.39, 0.29) is 11.3 Å². The van der Waals surface area contributed by atoms with Crippen LogP contribution in [0.25, 0.3) is 0 Å². The van der Waals surface area contributed by atoms with Crippen LogP contribution < -0.4 is 0 Å². The van der Waals surface area contributed by atoms with Crippen molar-refractivity contribution in [2.24, 2.45) is 0 Å². The first-order valence-corrected chi connectivity index (χ1v) is 7.08. The summed E-state index contributed by atoms with van der Waals surface area (Å²) in [6.45, 7) is 1.56. The quantitative estimate of drug-likeness (QED) is 0.455. The second kappa shape index (κ2) is 6.65. The van der Waals surface area contributed by atoms with Gasteiger partial charge in [-0.15, -0.1) is 0 Å². The number of benzene rings is 2. The number of ether oxygens (including phenoxy) is 1. The average Bonchev–Trinajstić information content (AvgIpc) is 2.49. The molecule has 0 saturated carbocycles. The van der Waals surface area contributed by atoms with Crippen molar-refractivity contribution >= 4 is 27.6 Å². The molecule has 2 aromatic rings. The summed E-state index contributed by atoms with van der Waals surface area (Å²) >= 11 is 3.15. The summed E-state index contributed by atoms with van der Waals surface area (Å²) in [6.07, 6.45) is -0.745. The van der Waals surface area contributed by atoms with Gasteiger partial charge in [-0.2, -0.15) is 0 Å². The van der Waals surface area contributed by atoms with E-state index in [1.807, 2.05) is 0 Å². The van der Waals surface area contributed by atoms with Crippen LogP contribution in [0.3, 0.4) is 0 Å². The van der Waals surface area contributed by atoms with Crippen molar-refractivity contribution in [2.75, 3.05) is 0 Å². The molecule has 2 rings (SSSR count). The first-order valence-electron chi connectivity index (χ1n) is 6.29. The Kier molecular flexibility index (Phi) is 4.87. The van der Waals surface area contributed by atoms with Gasteiger partial charge in [-0.25, -0.2) is 9.18 Å². The summed E-state index contributed by atoms with van der Waals surface area (Å²) in [6, 6.07) is 9.69. The Labute approximate surface area is 134 Å². The number of nitrogens with zero attached hydrogens (tertiary/aromatic N) is 1. The number of esters is 1. The second-order valence-electron chi connectivity index (χ2n) is 4.52. The molecule has 2 aromatic carbocycles. The molecule has 0 aliphatic heterocycles. The summed E-state index contributed by atoms with van der Waals surface area (Å²) in [4.78, 5) is 22.2. The highest BCUT2D eigenvalue weighted by Crippen LogP contribution is 2.24. The van der Waals surface area contributed by atoms with E-state index in [4.69, 9.17) is 4.74 Å². The number of hydrogen-bond acceptors (Lipinski definition) is 4. The van der Waals surface area contributed by atoms with E-state index in [9.17, 15) is 19.3 Å². The maximum Gasteiger partial charge on any atom is 0.341 e. The lowest BCUT2D eigenvalue weighted by Crippen LogP contribution is -2.11. The van der Waals surface area contributed by atoms with E-state index in [0.29, 0.717) is 10.0 Å². The number of carbonyl (C=O) groups is 1. The number of nitro groups is 1. The molecule has 0 fully saturated rings. The van der Waals surface area contributed by atoms with E-state index in [0.717, 1.165) is 6.07 Å². The van der Waals surface area contributed by atoms with Crippen LogP contribution in [0.4, 0.5) is 10.1 Å². The van der Waals surface area contributed by atoms with Crippen molar-refractivity contribution in [1.29, 1.82) is 0 Å². The Bertz CT molecular complexity index is 735. The molecular weight excluding hydrogens is 357 g/mol. The molecule has 0 N–H and O–H groups in total. The van der Waals surface area contributed by atoms with Crippen LogP contribution in [0.1, 0.15) is 28.9 Å². The molecule has 22 heavy (non-hydrogen) atoms. The number of carbonyl (C=O) groups excluding carboxylic acids is 1. The molecule has 0 aromatic heterocycles. The molecule has 1 atom stereocenters. The maximum absolute atomic E-state index is 13.6. The second-order valence-corrected chi connectivity index (χ2v) is 5.44. The molecule has 0 unspecified atom stereocenters. The fraction of sp³-hybridized carbons (Fsp3) is 0.133. The minimum atomic E-state index is -0.835. The fourth-order valence-corrected chi connectivity index (χ4v) is 2.20. The van der Waals surface area contributed by atoms with Gasteiger partial charge in [0.15, 0.2) is 0 Å². The lowest BCUT2D eigenvalue weighted by Gasteiger charge is -2.14. The molecule has 0 bridgehead atoms. The van der Waals surface area contributed by atoms with Crippen LogP contribution in [-0.4, -0.2) is 10.9 Å². The van der Waals surface area contributed by atoms with E-state index in [1.165, 1.54) is 30.3 Å². The van der Waals surface area contributed by atoms with Gasteiger partial charge in [0, 0.05) is 16.6 Å². The van der Waals surface area contributed by atoms with Crippen molar-refractivity contribution in [2.45, 2.75) is 13.0 Å². The standard InChI is InChI=1S/C15H11BrFNO4/c1-9(10-3-2-4-12(7-10)18(20)21)22-15(19)13-8-11(16)5-6-14(13)17/h2-9H,1H3/t9-/m0/s1. The molecule has 0 saturated heterocycles. The molecule has 0 spiro atoms. The molecule has 0 aliphatic carbocycles. The van der Waals surface area contributed by atoms with Crippen LogP contribution in [0.2, 0.25) is 0 Å². The molecule has 7 heteroatoms. The van der Waals surface area contributed by atoms with Gasteiger partial charge < -0.3 is 4.74 Å². The Morgan fingerprint density at radius 3 is 2.73 bits per heavy atom. The van der Waals surface area contributed by atoms with Crippen LogP contribution >= 0.6 is 15.9 Å². The van der Waals surface area contributed by atoms with E-state index < -0.39 is 22.8 Å². The van der Waals surface area contributed by atoms with Gasteiger partial charge in [-0.3, -0.25) is 10.1 Å². The van der Waals surface area contributed by atoms with Crippen molar-refractivity contribution in [3.63, 3.8) is 0 Å². The van der Waals surface area contributed by atoms with Gasteiger partial charge >= 0.3 is 5.97 Å². The Balaban J connectivity index is 2.19. The van der Waals surface area contributed by atoms with Crippen LogP contribution in [-0.2, 0) is 4.74 Å². The van der Waals surface area contributed by atoms with Crippen LogP contribution in [0.5, 0.6) is 0 Å². The molecule has 114 valence electrons. The van der Waals surface area contributed by atoms with Crippen molar-refractivity contribution in [1.82, 2.24) is 0 Å². The van der Waals surface area contributed by atoms with Gasteiger partial charge in [0.1, 0.15) is 11.9 Å². The number of nitro benzene ring substituents is 1. The zero-order chi connectivity index (χ0) is 16.3. The monoisotopic (exact) mass is 367 g/mol.